The van der Waals surface area contributed by atoms with Crippen LogP contribution in [0.3, 0.4) is 0 Å². The summed E-state index contributed by atoms with van der Waals surface area (Å²) < 4.78 is 5.67. The summed E-state index contributed by atoms with van der Waals surface area (Å²) in [4.78, 5) is 12.2. The van der Waals surface area contributed by atoms with Gasteiger partial charge in [-0.05, 0) is 42.0 Å². The van der Waals surface area contributed by atoms with Gasteiger partial charge in [0.15, 0.2) is 6.10 Å². The van der Waals surface area contributed by atoms with Crippen molar-refractivity contribution in [1.82, 2.24) is 5.43 Å². The topological polar surface area (TPSA) is 70.9 Å². The number of hydrogen-bond acceptors (Lipinski definition) is 4. The number of nitrogens with zero attached hydrogens (tertiary/aromatic N) is 1. The normalized spacial score (nSPS) is 12.3. The molecule has 0 bridgehead atoms. The van der Waals surface area contributed by atoms with Crippen molar-refractivity contribution < 1.29 is 14.6 Å². The minimum Gasteiger partial charge on any atom is -0.506 e. The van der Waals surface area contributed by atoms with E-state index in [-0.39, 0.29) is 16.3 Å². The van der Waals surface area contributed by atoms with E-state index in [9.17, 15) is 9.90 Å². The summed E-state index contributed by atoms with van der Waals surface area (Å²) in [5, 5.41) is 16.2. The van der Waals surface area contributed by atoms with Gasteiger partial charge in [-0.25, -0.2) is 5.43 Å². The molecule has 2 N–H and O–H groups in total. The molecular formula is C20H16Cl2N2O3. The molecule has 3 rings (SSSR count). The first kappa shape index (κ1) is 19.0. The zero-order valence-electron chi connectivity index (χ0n) is 14.3. The molecule has 3 aromatic rings. The largest absolute Gasteiger partial charge is 0.506 e. The first-order chi connectivity index (χ1) is 12.9. The Morgan fingerprint density at radius 3 is 2.67 bits per heavy atom. The van der Waals surface area contributed by atoms with Gasteiger partial charge in [-0.2, -0.15) is 5.10 Å². The van der Waals surface area contributed by atoms with Gasteiger partial charge in [0.1, 0.15) is 11.5 Å². The smallest absolute Gasteiger partial charge is 0.280 e. The van der Waals surface area contributed by atoms with E-state index in [4.69, 9.17) is 27.9 Å². The second kappa shape index (κ2) is 8.29. The zero-order valence-corrected chi connectivity index (χ0v) is 15.8. The lowest BCUT2D eigenvalue weighted by atomic mass is 10.1. The first-order valence-electron chi connectivity index (χ1n) is 8.10. The fraction of sp³-hybridized carbons (Fsp3) is 0.100. The molecule has 27 heavy (non-hydrogen) atoms. The highest BCUT2D eigenvalue weighted by atomic mass is 35.5. The third-order valence-electron chi connectivity index (χ3n) is 3.84. The molecule has 1 amide bonds. The Bertz CT molecular complexity index is 1020. The predicted molar refractivity (Wildman–Crippen MR) is 108 cm³/mol. The molecule has 1 atom stereocenters. The average molecular weight is 403 g/mol. The monoisotopic (exact) mass is 402 g/mol. The molecule has 0 aliphatic heterocycles. The molecule has 5 nitrogen and oxygen atoms in total. The van der Waals surface area contributed by atoms with Gasteiger partial charge in [0.25, 0.3) is 5.91 Å². The minimum absolute atomic E-state index is 0.100. The highest BCUT2D eigenvalue weighted by molar-refractivity contribution is 6.36. The van der Waals surface area contributed by atoms with E-state index in [1.165, 1.54) is 18.3 Å². The highest BCUT2D eigenvalue weighted by Crippen LogP contribution is 2.30. The van der Waals surface area contributed by atoms with Crippen molar-refractivity contribution in [3.63, 3.8) is 0 Å². The van der Waals surface area contributed by atoms with Crippen LogP contribution in [0.15, 0.2) is 59.7 Å². The molecule has 0 radical (unpaired) electrons. The summed E-state index contributed by atoms with van der Waals surface area (Å²) in [6, 6.07) is 16.4. The standard InChI is InChI=1S/C20H16Cl2N2O3/c1-12(27-17-7-6-13-4-2-3-5-14(13)9-17)20(26)24-23-11-15-8-16(21)10-18(22)19(15)25/h2-12,25H,1H3,(H,24,26)/b23-11+. The Morgan fingerprint density at radius 1 is 1.15 bits per heavy atom. The van der Waals surface area contributed by atoms with Crippen molar-refractivity contribution >= 4 is 46.1 Å². The Morgan fingerprint density at radius 2 is 1.89 bits per heavy atom. The van der Waals surface area contributed by atoms with Crippen LogP contribution in [0.25, 0.3) is 10.8 Å². The molecule has 0 aliphatic carbocycles. The van der Waals surface area contributed by atoms with Gasteiger partial charge in [0.05, 0.1) is 11.2 Å². The fourth-order valence-corrected chi connectivity index (χ4v) is 2.95. The van der Waals surface area contributed by atoms with Gasteiger partial charge in [0.2, 0.25) is 0 Å². The number of phenols is 1. The molecule has 0 aromatic heterocycles. The quantitative estimate of drug-likeness (QED) is 0.476. The number of hydrazone groups is 1. The molecule has 138 valence electrons. The van der Waals surface area contributed by atoms with E-state index >= 15 is 0 Å². The lowest BCUT2D eigenvalue weighted by Crippen LogP contribution is -2.33. The first-order valence-corrected chi connectivity index (χ1v) is 8.86. The van der Waals surface area contributed by atoms with Crippen LogP contribution in [0.5, 0.6) is 11.5 Å². The summed E-state index contributed by atoms with van der Waals surface area (Å²) in [7, 11) is 0. The van der Waals surface area contributed by atoms with E-state index in [1.54, 1.807) is 13.0 Å². The van der Waals surface area contributed by atoms with E-state index in [2.05, 4.69) is 10.5 Å². The average Bonchev–Trinajstić information content (AvgIpc) is 2.65. The minimum atomic E-state index is -0.764. The number of amides is 1. The van der Waals surface area contributed by atoms with Crippen LogP contribution in [0.2, 0.25) is 10.0 Å². The van der Waals surface area contributed by atoms with Crippen LogP contribution in [0.1, 0.15) is 12.5 Å². The van der Waals surface area contributed by atoms with Crippen LogP contribution in [0.4, 0.5) is 0 Å². The number of phenolic OH excluding ortho intramolecular Hbond substituents is 1. The van der Waals surface area contributed by atoms with E-state index in [0.29, 0.717) is 10.8 Å². The van der Waals surface area contributed by atoms with Crippen molar-refractivity contribution in [2.24, 2.45) is 5.10 Å². The van der Waals surface area contributed by atoms with E-state index < -0.39 is 12.0 Å². The summed E-state index contributed by atoms with van der Waals surface area (Å²) in [6.45, 7) is 1.62. The Labute approximate surface area is 166 Å². The molecule has 7 heteroatoms. The number of ether oxygens (including phenoxy) is 1. The number of hydrogen-bond donors (Lipinski definition) is 2. The number of carbonyl (C=O) groups excluding carboxylic acids is 1. The molecule has 0 saturated heterocycles. The number of halogens is 2. The maximum atomic E-state index is 12.2. The van der Waals surface area contributed by atoms with E-state index in [0.717, 1.165) is 10.8 Å². The van der Waals surface area contributed by atoms with Crippen molar-refractivity contribution in [2.45, 2.75) is 13.0 Å². The third kappa shape index (κ3) is 4.70. The summed E-state index contributed by atoms with van der Waals surface area (Å²) in [5.74, 6) is -0.0221. The third-order valence-corrected chi connectivity index (χ3v) is 4.35. The van der Waals surface area contributed by atoms with Gasteiger partial charge in [-0.15, -0.1) is 0 Å². The number of nitrogens with one attached hydrogen (secondary N) is 1. The number of benzene rings is 3. The van der Waals surface area contributed by atoms with Gasteiger partial charge in [-0.3, -0.25) is 4.79 Å². The maximum Gasteiger partial charge on any atom is 0.280 e. The maximum absolute atomic E-state index is 12.2. The van der Waals surface area contributed by atoms with Crippen molar-refractivity contribution in [3.8, 4) is 11.5 Å². The lowest BCUT2D eigenvalue weighted by Gasteiger charge is -2.13. The molecular weight excluding hydrogens is 387 g/mol. The SMILES string of the molecule is CC(Oc1ccc2ccccc2c1)C(=O)N/N=C/c1cc(Cl)cc(Cl)c1O. The molecule has 0 fully saturated rings. The summed E-state index contributed by atoms with van der Waals surface area (Å²) in [6.07, 6.45) is 0.494. The van der Waals surface area contributed by atoms with Crippen molar-refractivity contribution in [2.75, 3.05) is 0 Å². The molecule has 0 saturated carbocycles. The second-order valence-electron chi connectivity index (χ2n) is 5.83. The van der Waals surface area contributed by atoms with Crippen LogP contribution in [-0.4, -0.2) is 23.3 Å². The highest BCUT2D eigenvalue weighted by Gasteiger charge is 2.14. The van der Waals surface area contributed by atoms with Gasteiger partial charge >= 0.3 is 0 Å². The van der Waals surface area contributed by atoms with Crippen LogP contribution in [-0.2, 0) is 4.79 Å². The Hall–Kier alpha value is -2.76. The predicted octanol–water partition coefficient (Wildman–Crippen LogP) is 4.77. The van der Waals surface area contributed by atoms with E-state index in [1.807, 2.05) is 36.4 Å². The Balaban J connectivity index is 1.63. The second-order valence-corrected chi connectivity index (χ2v) is 6.67. The van der Waals surface area contributed by atoms with Gasteiger partial charge < -0.3 is 9.84 Å². The van der Waals surface area contributed by atoms with Crippen LogP contribution < -0.4 is 10.2 Å². The number of aromatic hydroxyl groups is 1. The zero-order chi connectivity index (χ0) is 19.4. The summed E-state index contributed by atoms with van der Waals surface area (Å²) in [5.41, 5.74) is 2.65. The van der Waals surface area contributed by atoms with Crippen molar-refractivity contribution in [3.05, 3.63) is 70.2 Å². The summed E-state index contributed by atoms with van der Waals surface area (Å²) >= 11 is 11.7. The number of fused-ring (bicyclic) bond motifs is 1. The van der Waals surface area contributed by atoms with Crippen molar-refractivity contribution in [1.29, 1.82) is 0 Å². The van der Waals surface area contributed by atoms with Crippen LogP contribution >= 0.6 is 23.2 Å². The van der Waals surface area contributed by atoms with Crippen LogP contribution in [0, 0.1) is 0 Å². The Kier molecular flexibility index (Phi) is 5.84. The molecule has 3 aromatic carbocycles. The molecule has 0 spiro atoms. The number of carbonyl (C=O) groups is 1. The fourth-order valence-electron chi connectivity index (χ4n) is 2.44. The molecule has 0 heterocycles. The lowest BCUT2D eigenvalue weighted by molar-refractivity contribution is -0.127. The van der Waals surface area contributed by atoms with Gasteiger partial charge in [0, 0.05) is 10.6 Å². The molecule has 0 aliphatic rings. The number of rotatable bonds is 5. The molecule has 1 unspecified atom stereocenters. The van der Waals surface area contributed by atoms with Gasteiger partial charge in [-0.1, -0.05) is 53.5 Å².